The second kappa shape index (κ2) is 5.66. The van der Waals surface area contributed by atoms with Crippen molar-refractivity contribution in [3.05, 3.63) is 17.7 Å². The molecule has 3 N–H and O–H groups in total. The summed E-state index contributed by atoms with van der Waals surface area (Å²) in [6.45, 7) is 4.45. The van der Waals surface area contributed by atoms with Crippen LogP contribution < -0.4 is 16.2 Å². The Morgan fingerprint density at radius 2 is 2.11 bits per heavy atom. The number of nitrogens with one attached hydrogen (secondary N) is 1. The molecule has 1 fully saturated rings. The highest BCUT2D eigenvalue weighted by atomic mass is 19.1. The fourth-order valence-corrected chi connectivity index (χ4v) is 2.45. The molecule has 0 spiro atoms. The Labute approximate surface area is 111 Å². The lowest BCUT2D eigenvalue weighted by atomic mass is 10.2. The van der Waals surface area contributed by atoms with Crippen LogP contribution in [0.25, 0.3) is 0 Å². The van der Waals surface area contributed by atoms with E-state index >= 15 is 0 Å². The maximum atomic E-state index is 13.9. The number of nitrogens with two attached hydrogens (primary N) is 1. The third kappa shape index (κ3) is 2.93. The molecule has 1 aliphatic heterocycles. The smallest absolute Gasteiger partial charge is 0.178 e. The number of likely N-dealkylation sites (N-methyl/N-ethyl adjacent to an activating group) is 1. The van der Waals surface area contributed by atoms with Gasteiger partial charge in [0.1, 0.15) is 0 Å². The van der Waals surface area contributed by atoms with Gasteiger partial charge in [-0.2, -0.15) is 0 Å². The van der Waals surface area contributed by atoms with Crippen LogP contribution in [0, 0.1) is 11.6 Å². The molecule has 0 bridgehead atoms. The van der Waals surface area contributed by atoms with Gasteiger partial charge in [0, 0.05) is 25.2 Å². The third-order valence-electron chi connectivity index (χ3n) is 3.37. The van der Waals surface area contributed by atoms with Gasteiger partial charge in [0.05, 0.1) is 0 Å². The first-order valence-corrected chi connectivity index (χ1v) is 6.30. The summed E-state index contributed by atoms with van der Waals surface area (Å²) in [6.07, 6.45) is 0.907. The van der Waals surface area contributed by atoms with Crippen molar-refractivity contribution in [1.29, 1.82) is 0 Å². The summed E-state index contributed by atoms with van der Waals surface area (Å²) in [5.41, 5.74) is 2.15. The number of pyridine rings is 1. The molecule has 5 nitrogen and oxygen atoms in total. The SMILES string of the molecule is CC1CN(C)CCCN1c1nc(NN)c(F)cc1F. The number of rotatable bonds is 2. The van der Waals surface area contributed by atoms with E-state index in [2.05, 4.69) is 15.3 Å². The molecule has 0 saturated carbocycles. The Balaban J connectivity index is 2.34. The van der Waals surface area contributed by atoms with Crippen LogP contribution in [0.3, 0.4) is 0 Å². The Bertz CT molecular complexity index is 454. The Kier molecular flexibility index (Phi) is 4.16. The van der Waals surface area contributed by atoms with Crippen LogP contribution in [-0.4, -0.2) is 42.6 Å². The van der Waals surface area contributed by atoms with E-state index in [4.69, 9.17) is 5.84 Å². The van der Waals surface area contributed by atoms with Gasteiger partial charge < -0.3 is 15.2 Å². The molecule has 0 aromatic carbocycles. The number of hydrazine groups is 1. The molecular weight excluding hydrogens is 252 g/mol. The predicted octanol–water partition coefficient (Wildman–Crippen LogP) is 1.18. The van der Waals surface area contributed by atoms with Crippen molar-refractivity contribution in [3.8, 4) is 0 Å². The van der Waals surface area contributed by atoms with E-state index in [0.29, 0.717) is 6.54 Å². The first-order chi connectivity index (χ1) is 9.02. The van der Waals surface area contributed by atoms with E-state index in [-0.39, 0.29) is 17.7 Å². The van der Waals surface area contributed by atoms with Gasteiger partial charge in [-0.05, 0) is 26.9 Å². The van der Waals surface area contributed by atoms with E-state index in [1.807, 2.05) is 18.9 Å². The van der Waals surface area contributed by atoms with Crippen molar-refractivity contribution in [2.24, 2.45) is 5.84 Å². The lowest BCUT2D eigenvalue weighted by molar-refractivity contribution is 0.336. The average molecular weight is 271 g/mol. The summed E-state index contributed by atoms with van der Waals surface area (Å²) in [4.78, 5) is 8.00. The van der Waals surface area contributed by atoms with E-state index in [1.165, 1.54) is 0 Å². The number of anilines is 2. The minimum absolute atomic E-state index is 0.102. The minimum atomic E-state index is -0.789. The molecule has 7 heteroatoms. The van der Waals surface area contributed by atoms with Crippen LogP contribution in [-0.2, 0) is 0 Å². The molecule has 1 saturated heterocycles. The van der Waals surface area contributed by atoms with Gasteiger partial charge in [-0.1, -0.05) is 0 Å². The molecule has 0 amide bonds. The lowest BCUT2D eigenvalue weighted by Gasteiger charge is -2.29. The largest absolute Gasteiger partial charge is 0.350 e. The maximum Gasteiger partial charge on any atom is 0.178 e. The fourth-order valence-electron chi connectivity index (χ4n) is 2.45. The van der Waals surface area contributed by atoms with E-state index in [9.17, 15) is 8.78 Å². The summed E-state index contributed by atoms with van der Waals surface area (Å²) in [5, 5.41) is 0. The second-order valence-electron chi connectivity index (χ2n) is 4.93. The molecule has 2 rings (SSSR count). The van der Waals surface area contributed by atoms with Crippen molar-refractivity contribution >= 4 is 11.6 Å². The summed E-state index contributed by atoms with van der Waals surface area (Å²) in [7, 11) is 2.03. The van der Waals surface area contributed by atoms with Crippen molar-refractivity contribution in [1.82, 2.24) is 9.88 Å². The Morgan fingerprint density at radius 3 is 2.79 bits per heavy atom. The zero-order valence-corrected chi connectivity index (χ0v) is 11.2. The average Bonchev–Trinajstić information content (AvgIpc) is 2.51. The van der Waals surface area contributed by atoms with Crippen LogP contribution in [0.15, 0.2) is 6.07 Å². The van der Waals surface area contributed by atoms with Crippen LogP contribution in [0.1, 0.15) is 13.3 Å². The van der Waals surface area contributed by atoms with Gasteiger partial charge in [-0.3, -0.25) is 0 Å². The topological polar surface area (TPSA) is 57.4 Å². The third-order valence-corrected chi connectivity index (χ3v) is 3.37. The van der Waals surface area contributed by atoms with Crippen molar-refractivity contribution in [2.75, 3.05) is 37.0 Å². The van der Waals surface area contributed by atoms with E-state index in [0.717, 1.165) is 25.6 Å². The highest BCUT2D eigenvalue weighted by molar-refractivity contribution is 5.49. The van der Waals surface area contributed by atoms with Crippen LogP contribution in [0.5, 0.6) is 0 Å². The number of hydrogen-bond donors (Lipinski definition) is 2. The quantitative estimate of drug-likeness (QED) is 0.625. The monoisotopic (exact) mass is 271 g/mol. The van der Waals surface area contributed by atoms with E-state index < -0.39 is 11.6 Å². The first kappa shape index (κ1) is 14.0. The van der Waals surface area contributed by atoms with Crippen LogP contribution in [0.2, 0.25) is 0 Å². The number of hydrogen-bond acceptors (Lipinski definition) is 5. The molecule has 106 valence electrons. The normalized spacial score (nSPS) is 21.3. The maximum absolute atomic E-state index is 13.9. The van der Waals surface area contributed by atoms with E-state index in [1.54, 1.807) is 0 Å². The van der Waals surface area contributed by atoms with Crippen LogP contribution in [0.4, 0.5) is 20.4 Å². The second-order valence-corrected chi connectivity index (χ2v) is 4.93. The molecule has 1 aromatic heterocycles. The van der Waals surface area contributed by atoms with Gasteiger partial charge in [0.2, 0.25) is 0 Å². The van der Waals surface area contributed by atoms with Crippen molar-refractivity contribution in [3.63, 3.8) is 0 Å². The lowest BCUT2D eigenvalue weighted by Crippen LogP contribution is -2.39. The molecule has 1 unspecified atom stereocenters. The number of halogens is 2. The molecule has 0 radical (unpaired) electrons. The van der Waals surface area contributed by atoms with Gasteiger partial charge in [0.25, 0.3) is 0 Å². The summed E-state index contributed by atoms with van der Waals surface area (Å²) in [6, 6.07) is 0.921. The fraction of sp³-hybridized carbons (Fsp3) is 0.583. The van der Waals surface area contributed by atoms with Crippen molar-refractivity contribution in [2.45, 2.75) is 19.4 Å². The molecular formula is C12H19F2N5. The zero-order valence-electron chi connectivity index (χ0n) is 11.2. The highest BCUT2D eigenvalue weighted by Gasteiger charge is 2.24. The predicted molar refractivity (Wildman–Crippen MR) is 70.9 cm³/mol. The highest BCUT2D eigenvalue weighted by Crippen LogP contribution is 2.25. The summed E-state index contributed by atoms with van der Waals surface area (Å²) in [5.74, 6) is 3.75. The molecule has 1 aliphatic rings. The molecule has 0 aliphatic carbocycles. The minimum Gasteiger partial charge on any atom is -0.350 e. The standard InChI is InChI=1S/C12H19F2N5/c1-8-7-18(2)4-3-5-19(8)12-10(14)6-9(13)11(16-12)17-15/h6,8H,3-5,7,15H2,1-2H3,(H,16,17). The summed E-state index contributed by atoms with van der Waals surface area (Å²) >= 11 is 0. The van der Waals surface area contributed by atoms with Crippen molar-refractivity contribution < 1.29 is 8.78 Å². The molecule has 1 atom stereocenters. The molecule has 2 heterocycles. The van der Waals surface area contributed by atoms with Gasteiger partial charge >= 0.3 is 0 Å². The van der Waals surface area contributed by atoms with Gasteiger partial charge in [-0.25, -0.2) is 19.6 Å². The number of aromatic nitrogens is 1. The molecule has 1 aromatic rings. The number of nitrogen functional groups attached to an aromatic ring is 1. The Hall–Kier alpha value is -1.47. The number of nitrogens with zero attached hydrogens (tertiary/aromatic N) is 3. The Morgan fingerprint density at radius 1 is 1.37 bits per heavy atom. The summed E-state index contributed by atoms with van der Waals surface area (Å²) < 4.78 is 27.3. The van der Waals surface area contributed by atoms with Crippen LogP contribution >= 0.6 is 0 Å². The van der Waals surface area contributed by atoms with Gasteiger partial charge in [-0.15, -0.1) is 0 Å². The molecule has 19 heavy (non-hydrogen) atoms. The zero-order chi connectivity index (χ0) is 14.0. The van der Waals surface area contributed by atoms with Gasteiger partial charge in [0.15, 0.2) is 23.3 Å². The first-order valence-electron chi connectivity index (χ1n) is 6.30.